The number of piperazine rings is 1. The molecule has 1 saturated heterocycles. The first-order valence-electron chi connectivity index (χ1n) is 8.39. The van der Waals surface area contributed by atoms with Gasteiger partial charge in [0, 0.05) is 43.4 Å². The van der Waals surface area contributed by atoms with Crippen molar-refractivity contribution in [3.8, 4) is 11.5 Å². The molecule has 2 aromatic carbocycles. The highest BCUT2D eigenvalue weighted by Crippen LogP contribution is 2.31. The van der Waals surface area contributed by atoms with Gasteiger partial charge in [-0.3, -0.25) is 4.90 Å². The molecule has 126 valence electrons. The van der Waals surface area contributed by atoms with Crippen LogP contribution >= 0.6 is 11.6 Å². The lowest BCUT2D eigenvalue weighted by Gasteiger charge is -2.36. The van der Waals surface area contributed by atoms with Gasteiger partial charge in [0.2, 0.25) is 0 Å². The summed E-state index contributed by atoms with van der Waals surface area (Å²) in [6, 6.07) is 14.4. The molecule has 24 heavy (non-hydrogen) atoms. The van der Waals surface area contributed by atoms with E-state index in [1.165, 1.54) is 11.3 Å². The normalized spacial score (nSPS) is 17.8. The van der Waals surface area contributed by atoms with Crippen LogP contribution in [0, 0.1) is 0 Å². The lowest BCUT2D eigenvalue weighted by molar-refractivity contribution is 0.171. The zero-order valence-corrected chi connectivity index (χ0v) is 14.3. The zero-order chi connectivity index (χ0) is 16.4. The molecule has 0 N–H and O–H groups in total. The molecule has 0 spiro atoms. The number of benzene rings is 2. The monoisotopic (exact) mass is 344 g/mol. The van der Waals surface area contributed by atoms with Crippen molar-refractivity contribution in [2.45, 2.75) is 6.54 Å². The highest BCUT2D eigenvalue weighted by atomic mass is 35.5. The second-order valence-electron chi connectivity index (χ2n) is 6.22. The van der Waals surface area contributed by atoms with Crippen LogP contribution in [0.1, 0.15) is 5.56 Å². The largest absolute Gasteiger partial charge is 0.486 e. The Morgan fingerprint density at radius 3 is 2.29 bits per heavy atom. The average Bonchev–Trinajstić information content (AvgIpc) is 2.63. The minimum Gasteiger partial charge on any atom is -0.486 e. The van der Waals surface area contributed by atoms with Crippen molar-refractivity contribution in [3.63, 3.8) is 0 Å². The number of hydrogen-bond acceptors (Lipinski definition) is 4. The molecule has 0 amide bonds. The quantitative estimate of drug-likeness (QED) is 0.851. The van der Waals surface area contributed by atoms with E-state index in [2.05, 4.69) is 34.1 Å². The van der Waals surface area contributed by atoms with E-state index in [0.717, 1.165) is 49.2 Å². The molecule has 2 aliphatic heterocycles. The lowest BCUT2D eigenvalue weighted by atomic mass is 10.1. The van der Waals surface area contributed by atoms with Crippen LogP contribution in [0.5, 0.6) is 11.5 Å². The molecule has 2 aromatic rings. The van der Waals surface area contributed by atoms with Gasteiger partial charge in [-0.25, -0.2) is 0 Å². The van der Waals surface area contributed by atoms with Crippen LogP contribution in [0.25, 0.3) is 0 Å². The molecule has 0 atom stereocenters. The van der Waals surface area contributed by atoms with Gasteiger partial charge in [-0.05, 0) is 42.0 Å². The second-order valence-corrected chi connectivity index (χ2v) is 6.65. The van der Waals surface area contributed by atoms with Gasteiger partial charge in [-0.15, -0.1) is 0 Å². The summed E-state index contributed by atoms with van der Waals surface area (Å²) in [4.78, 5) is 4.90. The molecule has 0 saturated carbocycles. The van der Waals surface area contributed by atoms with Crippen molar-refractivity contribution in [2.75, 3.05) is 44.3 Å². The van der Waals surface area contributed by atoms with E-state index in [1.807, 2.05) is 18.2 Å². The highest BCUT2D eigenvalue weighted by Gasteiger charge is 2.18. The highest BCUT2D eigenvalue weighted by molar-refractivity contribution is 6.30. The van der Waals surface area contributed by atoms with Crippen molar-refractivity contribution in [1.29, 1.82) is 0 Å². The number of hydrogen-bond donors (Lipinski definition) is 0. The Balaban J connectivity index is 1.35. The summed E-state index contributed by atoms with van der Waals surface area (Å²) in [6.45, 7) is 6.40. The van der Waals surface area contributed by atoms with Crippen LogP contribution in [0.2, 0.25) is 5.02 Å². The summed E-state index contributed by atoms with van der Waals surface area (Å²) in [6.07, 6.45) is 0. The Hall–Kier alpha value is -1.91. The van der Waals surface area contributed by atoms with E-state index in [4.69, 9.17) is 21.1 Å². The number of anilines is 1. The minimum atomic E-state index is 0.635. The summed E-state index contributed by atoms with van der Waals surface area (Å²) in [5, 5.41) is 0.788. The van der Waals surface area contributed by atoms with Crippen molar-refractivity contribution < 1.29 is 9.47 Å². The van der Waals surface area contributed by atoms with Crippen molar-refractivity contribution in [3.05, 3.63) is 53.1 Å². The smallest absolute Gasteiger partial charge is 0.161 e. The summed E-state index contributed by atoms with van der Waals surface area (Å²) < 4.78 is 11.3. The maximum atomic E-state index is 5.97. The molecular formula is C19H21ClN2O2. The molecule has 0 radical (unpaired) electrons. The summed E-state index contributed by atoms with van der Waals surface area (Å²) in [5.74, 6) is 1.73. The van der Waals surface area contributed by atoms with E-state index in [-0.39, 0.29) is 0 Å². The molecule has 0 bridgehead atoms. The summed E-state index contributed by atoms with van der Waals surface area (Å²) >= 11 is 5.97. The predicted octanol–water partition coefficient (Wildman–Crippen LogP) is 3.43. The van der Waals surface area contributed by atoms with Crippen LogP contribution in [0.4, 0.5) is 5.69 Å². The van der Waals surface area contributed by atoms with Crippen molar-refractivity contribution in [2.24, 2.45) is 0 Å². The van der Waals surface area contributed by atoms with Gasteiger partial charge in [0.25, 0.3) is 0 Å². The van der Waals surface area contributed by atoms with E-state index >= 15 is 0 Å². The van der Waals surface area contributed by atoms with Gasteiger partial charge < -0.3 is 14.4 Å². The topological polar surface area (TPSA) is 24.9 Å². The Kier molecular flexibility index (Phi) is 4.50. The molecule has 4 nitrogen and oxygen atoms in total. The Morgan fingerprint density at radius 1 is 0.833 bits per heavy atom. The lowest BCUT2D eigenvalue weighted by Crippen LogP contribution is -2.45. The Morgan fingerprint density at radius 2 is 1.54 bits per heavy atom. The van der Waals surface area contributed by atoms with E-state index < -0.39 is 0 Å². The number of rotatable bonds is 3. The van der Waals surface area contributed by atoms with Crippen LogP contribution in [0.15, 0.2) is 42.5 Å². The van der Waals surface area contributed by atoms with Gasteiger partial charge in [0.15, 0.2) is 11.5 Å². The average molecular weight is 345 g/mol. The van der Waals surface area contributed by atoms with Crippen LogP contribution in [0.3, 0.4) is 0 Å². The van der Waals surface area contributed by atoms with E-state index in [0.29, 0.717) is 13.2 Å². The van der Waals surface area contributed by atoms with Crippen LogP contribution in [-0.2, 0) is 6.54 Å². The first-order valence-corrected chi connectivity index (χ1v) is 8.77. The van der Waals surface area contributed by atoms with E-state index in [1.54, 1.807) is 0 Å². The maximum absolute atomic E-state index is 5.97. The fourth-order valence-corrected chi connectivity index (χ4v) is 3.39. The Labute approximate surface area is 147 Å². The standard InChI is InChI=1S/C19H21ClN2O2/c20-16-2-4-17(5-3-16)22-9-7-21(8-10-22)14-15-1-6-18-19(13-15)24-12-11-23-18/h1-6,13H,7-12,14H2. The SMILES string of the molecule is Clc1ccc(N2CCN(Cc3ccc4c(c3)OCCO4)CC2)cc1. The zero-order valence-electron chi connectivity index (χ0n) is 13.6. The Bertz CT molecular complexity index is 697. The fourth-order valence-electron chi connectivity index (χ4n) is 3.26. The van der Waals surface area contributed by atoms with Gasteiger partial charge in [0.05, 0.1) is 0 Å². The first kappa shape index (κ1) is 15.6. The molecule has 0 unspecified atom stereocenters. The molecule has 0 aromatic heterocycles. The number of halogens is 1. The summed E-state index contributed by atoms with van der Waals surface area (Å²) in [5.41, 5.74) is 2.53. The summed E-state index contributed by atoms with van der Waals surface area (Å²) in [7, 11) is 0. The first-order chi connectivity index (χ1) is 11.8. The molecular weight excluding hydrogens is 324 g/mol. The third kappa shape index (κ3) is 3.45. The molecule has 1 fully saturated rings. The van der Waals surface area contributed by atoms with Gasteiger partial charge in [-0.2, -0.15) is 0 Å². The minimum absolute atomic E-state index is 0.635. The third-order valence-electron chi connectivity index (χ3n) is 4.58. The van der Waals surface area contributed by atoms with E-state index in [9.17, 15) is 0 Å². The fraction of sp³-hybridized carbons (Fsp3) is 0.368. The second kappa shape index (κ2) is 6.91. The van der Waals surface area contributed by atoms with Crippen LogP contribution < -0.4 is 14.4 Å². The van der Waals surface area contributed by atoms with Crippen LogP contribution in [-0.4, -0.2) is 44.3 Å². The molecule has 2 aliphatic rings. The third-order valence-corrected chi connectivity index (χ3v) is 4.83. The molecule has 2 heterocycles. The molecule has 4 rings (SSSR count). The molecule has 5 heteroatoms. The number of ether oxygens (including phenoxy) is 2. The van der Waals surface area contributed by atoms with Gasteiger partial charge in [0.1, 0.15) is 13.2 Å². The predicted molar refractivity (Wildman–Crippen MR) is 96.4 cm³/mol. The van der Waals surface area contributed by atoms with Crippen molar-refractivity contribution >= 4 is 17.3 Å². The van der Waals surface area contributed by atoms with Crippen molar-refractivity contribution in [1.82, 2.24) is 4.90 Å². The van der Waals surface area contributed by atoms with Gasteiger partial charge >= 0.3 is 0 Å². The maximum Gasteiger partial charge on any atom is 0.161 e. The number of fused-ring (bicyclic) bond motifs is 1. The van der Waals surface area contributed by atoms with Gasteiger partial charge in [-0.1, -0.05) is 17.7 Å². The molecule has 0 aliphatic carbocycles. The number of nitrogens with zero attached hydrogens (tertiary/aromatic N) is 2.